The average Bonchev–Trinajstić information content (AvgIpc) is 2.70. The van der Waals surface area contributed by atoms with Crippen LogP contribution in [0.1, 0.15) is 32.6 Å². The Morgan fingerprint density at radius 2 is 1.94 bits per heavy atom. The third-order valence-electron chi connectivity index (χ3n) is 2.78. The molecule has 2 N–H and O–H groups in total. The molecule has 5 heteroatoms. The Bertz CT molecular complexity index is 250. The van der Waals surface area contributed by atoms with Crippen molar-refractivity contribution in [3.8, 4) is 0 Å². The summed E-state index contributed by atoms with van der Waals surface area (Å²) in [5, 5.41) is 5.60. The lowest BCUT2D eigenvalue weighted by atomic mass is 10.2. The Morgan fingerprint density at radius 1 is 1.31 bits per heavy atom. The van der Waals surface area contributed by atoms with E-state index >= 15 is 0 Å². The number of nitrogens with one attached hydrogen (secondary N) is 2. The van der Waals surface area contributed by atoms with Gasteiger partial charge in [-0.1, -0.05) is 12.8 Å². The average molecular weight is 227 g/mol. The summed E-state index contributed by atoms with van der Waals surface area (Å²) < 4.78 is 0. The summed E-state index contributed by atoms with van der Waals surface area (Å²) in [6.45, 7) is 2.57. The number of carbonyl (C=O) groups is 2. The molecule has 0 unspecified atom stereocenters. The lowest BCUT2D eigenvalue weighted by molar-refractivity contribution is -0.121. The van der Waals surface area contributed by atoms with Crippen molar-refractivity contribution < 1.29 is 9.59 Å². The molecular weight excluding hydrogens is 206 g/mol. The number of hydrogen-bond acceptors (Lipinski definition) is 2. The van der Waals surface area contributed by atoms with Crippen molar-refractivity contribution >= 4 is 11.9 Å². The Labute approximate surface area is 96.6 Å². The highest BCUT2D eigenvalue weighted by molar-refractivity contribution is 5.83. The van der Waals surface area contributed by atoms with E-state index in [0.717, 1.165) is 12.8 Å². The first kappa shape index (κ1) is 12.8. The Kier molecular flexibility index (Phi) is 5.08. The molecule has 0 bridgehead atoms. The molecule has 0 aromatic rings. The van der Waals surface area contributed by atoms with Crippen LogP contribution in [0.25, 0.3) is 0 Å². The number of nitrogens with zero attached hydrogens (tertiary/aromatic N) is 1. The summed E-state index contributed by atoms with van der Waals surface area (Å²) in [6.07, 6.45) is 4.48. The number of rotatable bonds is 4. The second-order valence-electron chi connectivity index (χ2n) is 4.24. The standard InChI is InChI=1S/C11H21N3O2/c1-3-12-10(15)8-14(2)11(16)13-9-6-4-5-7-9/h9H,3-8H2,1-2H3,(H,12,15)(H,13,16). The number of carbonyl (C=O) groups excluding carboxylic acids is 2. The van der Waals surface area contributed by atoms with Crippen LogP contribution in [-0.4, -0.2) is 43.0 Å². The highest BCUT2D eigenvalue weighted by atomic mass is 16.2. The molecule has 1 aliphatic rings. The molecule has 0 atom stereocenters. The zero-order valence-corrected chi connectivity index (χ0v) is 10.1. The van der Waals surface area contributed by atoms with Crippen LogP contribution in [0.3, 0.4) is 0 Å². The minimum Gasteiger partial charge on any atom is -0.355 e. The SMILES string of the molecule is CCNC(=O)CN(C)C(=O)NC1CCCC1. The van der Waals surface area contributed by atoms with Crippen molar-refractivity contribution in [1.82, 2.24) is 15.5 Å². The molecule has 0 aromatic heterocycles. The second-order valence-corrected chi connectivity index (χ2v) is 4.24. The van der Waals surface area contributed by atoms with Crippen molar-refractivity contribution in [2.75, 3.05) is 20.1 Å². The molecule has 5 nitrogen and oxygen atoms in total. The van der Waals surface area contributed by atoms with Crippen LogP contribution >= 0.6 is 0 Å². The van der Waals surface area contributed by atoms with E-state index in [2.05, 4.69) is 10.6 Å². The maximum atomic E-state index is 11.7. The fourth-order valence-electron chi connectivity index (χ4n) is 1.90. The van der Waals surface area contributed by atoms with Gasteiger partial charge in [0.05, 0.1) is 0 Å². The lowest BCUT2D eigenvalue weighted by Gasteiger charge is -2.20. The van der Waals surface area contributed by atoms with E-state index < -0.39 is 0 Å². The molecule has 0 aliphatic heterocycles. The van der Waals surface area contributed by atoms with Crippen molar-refractivity contribution in [1.29, 1.82) is 0 Å². The van der Waals surface area contributed by atoms with E-state index in [4.69, 9.17) is 0 Å². The van der Waals surface area contributed by atoms with Gasteiger partial charge < -0.3 is 15.5 Å². The van der Waals surface area contributed by atoms with E-state index in [9.17, 15) is 9.59 Å². The molecule has 92 valence electrons. The van der Waals surface area contributed by atoms with Gasteiger partial charge in [0.1, 0.15) is 6.54 Å². The number of urea groups is 1. The third kappa shape index (κ3) is 4.08. The molecule has 1 rings (SSSR count). The van der Waals surface area contributed by atoms with Crippen LogP contribution < -0.4 is 10.6 Å². The first-order valence-electron chi connectivity index (χ1n) is 5.91. The first-order chi connectivity index (χ1) is 7.63. The Balaban J connectivity index is 2.26. The maximum Gasteiger partial charge on any atom is 0.317 e. The van der Waals surface area contributed by atoms with Gasteiger partial charge in [-0.05, 0) is 19.8 Å². The largest absolute Gasteiger partial charge is 0.355 e. The highest BCUT2D eigenvalue weighted by Crippen LogP contribution is 2.17. The molecule has 16 heavy (non-hydrogen) atoms. The van der Waals surface area contributed by atoms with Crippen LogP contribution in [0.15, 0.2) is 0 Å². The van der Waals surface area contributed by atoms with Crippen LogP contribution in [-0.2, 0) is 4.79 Å². The number of likely N-dealkylation sites (N-methyl/N-ethyl adjacent to an activating group) is 2. The summed E-state index contributed by atoms with van der Waals surface area (Å²) in [6, 6.07) is 0.141. The normalized spacial score (nSPS) is 15.9. The topological polar surface area (TPSA) is 61.4 Å². The summed E-state index contributed by atoms with van der Waals surface area (Å²) >= 11 is 0. The van der Waals surface area contributed by atoms with E-state index in [1.165, 1.54) is 17.7 Å². The van der Waals surface area contributed by atoms with E-state index in [1.54, 1.807) is 7.05 Å². The van der Waals surface area contributed by atoms with Crippen molar-refractivity contribution in [2.24, 2.45) is 0 Å². The minimum atomic E-state index is -0.154. The van der Waals surface area contributed by atoms with Gasteiger partial charge in [-0.3, -0.25) is 4.79 Å². The monoisotopic (exact) mass is 227 g/mol. The zero-order valence-electron chi connectivity index (χ0n) is 10.1. The fourth-order valence-corrected chi connectivity index (χ4v) is 1.90. The quantitative estimate of drug-likeness (QED) is 0.743. The molecule has 1 aliphatic carbocycles. The van der Waals surface area contributed by atoms with Crippen molar-refractivity contribution in [2.45, 2.75) is 38.6 Å². The smallest absolute Gasteiger partial charge is 0.317 e. The Morgan fingerprint density at radius 3 is 2.50 bits per heavy atom. The lowest BCUT2D eigenvalue weighted by Crippen LogP contribution is -2.46. The van der Waals surface area contributed by atoms with Gasteiger partial charge >= 0.3 is 6.03 Å². The minimum absolute atomic E-state index is 0.117. The van der Waals surface area contributed by atoms with Gasteiger partial charge in [0, 0.05) is 19.6 Å². The highest BCUT2D eigenvalue weighted by Gasteiger charge is 2.19. The summed E-state index contributed by atoms with van der Waals surface area (Å²) in [5.74, 6) is -0.119. The second kappa shape index (κ2) is 6.35. The van der Waals surface area contributed by atoms with Crippen LogP contribution in [0.4, 0.5) is 4.79 Å². The fraction of sp³-hybridized carbons (Fsp3) is 0.818. The van der Waals surface area contributed by atoms with Crippen LogP contribution in [0.2, 0.25) is 0 Å². The van der Waals surface area contributed by atoms with E-state index in [0.29, 0.717) is 12.6 Å². The maximum absolute atomic E-state index is 11.7. The summed E-state index contributed by atoms with van der Waals surface area (Å²) in [4.78, 5) is 24.4. The van der Waals surface area contributed by atoms with Gasteiger partial charge in [0.25, 0.3) is 0 Å². The zero-order chi connectivity index (χ0) is 12.0. The molecule has 1 fully saturated rings. The van der Waals surface area contributed by atoms with Gasteiger partial charge in [-0.2, -0.15) is 0 Å². The number of hydrogen-bond donors (Lipinski definition) is 2. The van der Waals surface area contributed by atoms with Gasteiger partial charge in [-0.25, -0.2) is 4.79 Å². The molecule has 0 saturated heterocycles. The molecule has 1 saturated carbocycles. The molecular formula is C11H21N3O2. The van der Waals surface area contributed by atoms with Gasteiger partial charge in [0.15, 0.2) is 0 Å². The molecule has 3 amide bonds. The predicted octanol–water partition coefficient (Wildman–Crippen LogP) is 0.706. The number of amides is 3. The first-order valence-corrected chi connectivity index (χ1v) is 5.91. The Hall–Kier alpha value is -1.26. The van der Waals surface area contributed by atoms with Crippen LogP contribution in [0.5, 0.6) is 0 Å². The summed E-state index contributed by atoms with van der Waals surface area (Å²) in [5.41, 5.74) is 0. The van der Waals surface area contributed by atoms with E-state index in [1.807, 2.05) is 6.92 Å². The third-order valence-corrected chi connectivity index (χ3v) is 2.78. The van der Waals surface area contributed by atoms with Crippen molar-refractivity contribution in [3.05, 3.63) is 0 Å². The van der Waals surface area contributed by atoms with Crippen molar-refractivity contribution in [3.63, 3.8) is 0 Å². The van der Waals surface area contributed by atoms with Crippen LogP contribution in [0, 0.1) is 0 Å². The van der Waals surface area contributed by atoms with Gasteiger partial charge in [0.2, 0.25) is 5.91 Å². The summed E-state index contributed by atoms with van der Waals surface area (Å²) in [7, 11) is 1.64. The molecule has 0 aromatic carbocycles. The predicted molar refractivity (Wildman–Crippen MR) is 62.1 cm³/mol. The molecule has 0 heterocycles. The molecule has 0 spiro atoms. The molecule has 0 radical (unpaired) electrons. The van der Waals surface area contributed by atoms with Gasteiger partial charge in [-0.15, -0.1) is 0 Å². The van der Waals surface area contributed by atoms with E-state index in [-0.39, 0.29) is 18.5 Å².